The molecule has 3 heteroatoms. The van der Waals surface area contributed by atoms with Crippen LogP contribution in [0.3, 0.4) is 0 Å². The zero-order valence-corrected chi connectivity index (χ0v) is 10.6. The van der Waals surface area contributed by atoms with Crippen molar-refractivity contribution in [1.82, 2.24) is 0 Å². The number of ketones is 1. The Bertz CT molecular complexity index is 492. The number of hydrogen-bond acceptors (Lipinski definition) is 3. The van der Waals surface area contributed by atoms with Gasteiger partial charge in [0.25, 0.3) is 0 Å². The molecule has 0 aromatic carbocycles. The second-order valence-corrected chi connectivity index (χ2v) is 5.48. The molecule has 0 bridgehead atoms. The SMILES string of the molecule is CCc1ccc(C(=O)/C=C/c2cccs2)s1. The quantitative estimate of drug-likeness (QED) is 0.583. The highest BCUT2D eigenvalue weighted by molar-refractivity contribution is 7.14. The molecule has 0 atom stereocenters. The van der Waals surface area contributed by atoms with E-state index in [0.29, 0.717) is 0 Å². The minimum Gasteiger partial charge on any atom is -0.288 e. The fraction of sp³-hybridized carbons (Fsp3) is 0.154. The Kier molecular flexibility index (Phi) is 3.70. The maximum absolute atomic E-state index is 11.8. The van der Waals surface area contributed by atoms with E-state index in [1.807, 2.05) is 35.7 Å². The van der Waals surface area contributed by atoms with Gasteiger partial charge in [-0.05, 0) is 42.2 Å². The van der Waals surface area contributed by atoms with Gasteiger partial charge in [0.05, 0.1) is 4.88 Å². The van der Waals surface area contributed by atoms with Crippen LogP contribution < -0.4 is 0 Å². The third-order valence-electron chi connectivity index (χ3n) is 2.20. The fourth-order valence-corrected chi connectivity index (χ4v) is 2.81. The van der Waals surface area contributed by atoms with Gasteiger partial charge in [-0.3, -0.25) is 4.79 Å². The van der Waals surface area contributed by atoms with E-state index in [9.17, 15) is 4.79 Å². The van der Waals surface area contributed by atoms with Crippen LogP contribution >= 0.6 is 22.7 Å². The van der Waals surface area contributed by atoms with E-state index in [1.165, 1.54) is 4.88 Å². The lowest BCUT2D eigenvalue weighted by Crippen LogP contribution is -1.88. The first kappa shape index (κ1) is 11.3. The predicted molar refractivity (Wildman–Crippen MR) is 71.4 cm³/mol. The molecule has 2 rings (SSSR count). The minimum absolute atomic E-state index is 0.0955. The Morgan fingerprint density at radius 3 is 2.88 bits per heavy atom. The Labute approximate surface area is 103 Å². The van der Waals surface area contributed by atoms with E-state index in [2.05, 4.69) is 6.92 Å². The van der Waals surface area contributed by atoms with E-state index < -0.39 is 0 Å². The monoisotopic (exact) mass is 248 g/mol. The van der Waals surface area contributed by atoms with Crippen molar-refractivity contribution in [2.75, 3.05) is 0 Å². The zero-order chi connectivity index (χ0) is 11.4. The molecule has 1 nitrogen and oxygen atoms in total. The van der Waals surface area contributed by atoms with Crippen molar-refractivity contribution in [3.63, 3.8) is 0 Å². The summed E-state index contributed by atoms with van der Waals surface area (Å²) in [6, 6.07) is 7.91. The molecule has 82 valence electrons. The zero-order valence-electron chi connectivity index (χ0n) is 8.97. The van der Waals surface area contributed by atoms with Gasteiger partial charge in [-0.15, -0.1) is 22.7 Å². The standard InChI is InChI=1S/C13H12OS2/c1-2-10-6-8-13(16-10)12(14)7-5-11-4-3-9-15-11/h3-9H,2H2,1H3/b7-5+. The Balaban J connectivity index is 2.08. The summed E-state index contributed by atoms with van der Waals surface area (Å²) in [6.07, 6.45) is 4.52. The van der Waals surface area contributed by atoms with Crippen molar-refractivity contribution < 1.29 is 4.79 Å². The summed E-state index contributed by atoms with van der Waals surface area (Å²) in [5.74, 6) is 0.0955. The third-order valence-corrected chi connectivity index (χ3v) is 4.28. The van der Waals surface area contributed by atoms with Crippen LogP contribution in [0.5, 0.6) is 0 Å². The highest BCUT2D eigenvalue weighted by atomic mass is 32.1. The number of allylic oxidation sites excluding steroid dienone is 1. The van der Waals surface area contributed by atoms with Gasteiger partial charge in [0, 0.05) is 9.75 Å². The van der Waals surface area contributed by atoms with Crippen LogP contribution in [0.15, 0.2) is 35.7 Å². The van der Waals surface area contributed by atoms with Crippen LogP contribution in [-0.2, 0) is 6.42 Å². The molecule has 2 aromatic heterocycles. The number of thiophene rings is 2. The van der Waals surface area contributed by atoms with Gasteiger partial charge >= 0.3 is 0 Å². The summed E-state index contributed by atoms with van der Waals surface area (Å²) < 4.78 is 0. The Hall–Kier alpha value is -1.19. The number of aryl methyl sites for hydroxylation is 1. The third kappa shape index (κ3) is 2.68. The van der Waals surface area contributed by atoms with Crippen LogP contribution in [-0.4, -0.2) is 5.78 Å². The van der Waals surface area contributed by atoms with Crippen molar-refractivity contribution in [3.8, 4) is 0 Å². The first-order valence-electron chi connectivity index (χ1n) is 5.14. The molecule has 2 heterocycles. The molecule has 0 radical (unpaired) electrons. The van der Waals surface area contributed by atoms with Crippen LogP contribution in [0, 0.1) is 0 Å². The number of rotatable bonds is 4. The molecule has 0 aliphatic heterocycles. The predicted octanol–water partition coefficient (Wildman–Crippen LogP) is 4.27. The van der Waals surface area contributed by atoms with E-state index in [0.717, 1.165) is 16.2 Å². The highest BCUT2D eigenvalue weighted by Crippen LogP contribution is 2.18. The summed E-state index contributed by atoms with van der Waals surface area (Å²) in [4.78, 5) is 15.0. The normalized spacial score (nSPS) is 11.1. The van der Waals surface area contributed by atoms with Crippen LogP contribution in [0.25, 0.3) is 6.08 Å². The van der Waals surface area contributed by atoms with Crippen molar-refractivity contribution >= 4 is 34.5 Å². The Morgan fingerprint density at radius 1 is 1.38 bits per heavy atom. The molecule has 0 spiro atoms. The average Bonchev–Trinajstić information content (AvgIpc) is 2.96. The van der Waals surface area contributed by atoms with Crippen LogP contribution in [0.2, 0.25) is 0 Å². The molecule has 2 aromatic rings. The van der Waals surface area contributed by atoms with Gasteiger partial charge in [0.15, 0.2) is 5.78 Å². The van der Waals surface area contributed by atoms with Crippen LogP contribution in [0.4, 0.5) is 0 Å². The minimum atomic E-state index is 0.0955. The van der Waals surface area contributed by atoms with E-state index in [1.54, 1.807) is 28.7 Å². The van der Waals surface area contributed by atoms with Gasteiger partial charge in [-0.25, -0.2) is 0 Å². The Morgan fingerprint density at radius 2 is 2.25 bits per heavy atom. The molecule has 0 aliphatic carbocycles. The molecule has 0 aliphatic rings. The maximum Gasteiger partial charge on any atom is 0.195 e. The summed E-state index contributed by atoms with van der Waals surface area (Å²) in [5.41, 5.74) is 0. The number of carbonyl (C=O) groups is 1. The van der Waals surface area contributed by atoms with Crippen LogP contribution in [0.1, 0.15) is 26.3 Å². The van der Waals surface area contributed by atoms with Crippen molar-refractivity contribution in [2.24, 2.45) is 0 Å². The summed E-state index contributed by atoms with van der Waals surface area (Å²) >= 11 is 3.21. The molecule has 0 N–H and O–H groups in total. The van der Waals surface area contributed by atoms with Gasteiger partial charge < -0.3 is 0 Å². The van der Waals surface area contributed by atoms with Crippen molar-refractivity contribution in [3.05, 3.63) is 50.4 Å². The lowest BCUT2D eigenvalue weighted by Gasteiger charge is -1.88. The van der Waals surface area contributed by atoms with Crippen molar-refractivity contribution in [1.29, 1.82) is 0 Å². The number of hydrogen-bond donors (Lipinski definition) is 0. The summed E-state index contributed by atoms with van der Waals surface area (Å²) in [6.45, 7) is 2.10. The summed E-state index contributed by atoms with van der Waals surface area (Å²) in [7, 11) is 0. The second-order valence-electron chi connectivity index (χ2n) is 3.33. The first-order chi connectivity index (χ1) is 7.79. The largest absolute Gasteiger partial charge is 0.288 e. The molecule has 0 amide bonds. The van der Waals surface area contributed by atoms with Crippen molar-refractivity contribution in [2.45, 2.75) is 13.3 Å². The maximum atomic E-state index is 11.8. The van der Waals surface area contributed by atoms with Gasteiger partial charge in [-0.1, -0.05) is 13.0 Å². The van der Waals surface area contributed by atoms with E-state index in [4.69, 9.17) is 0 Å². The highest BCUT2D eigenvalue weighted by Gasteiger charge is 2.04. The smallest absolute Gasteiger partial charge is 0.195 e. The topological polar surface area (TPSA) is 17.1 Å². The molecule has 0 fully saturated rings. The molecular formula is C13H12OS2. The summed E-state index contributed by atoms with van der Waals surface area (Å²) in [5, 5.41) is 2.00. The molecule has 0 unspecified atom stereocenters. The average molecular weight is 248 g/mol. The lowest BCUT2D eigenvalue weighted by atomic mass is 10.3. The first-order valence-corrected chi connectivity index (χ1v) is 6.84. The van der Waals surface area contributed by atoms with E-state index >= 15 is 0 Å². The molecular weight excluding hydrogens is 236 g/mol. The second kappa shape index (κ2) is 5.23. The molecule has 0 saturated carbocycles. The molecule has 16 heavy (non-hydrogen) atoms. The fourth-order valence-electron chi connectivity index (χ4n) is 1.33. The number of carbonyl (C=O) groups excluding carboxylic acids is 1. The lowest BCUT2D eigenvalue weighted by molar-refractivity contribution is 0.105. The van der Waals surface area contributed by atoms with Gasteiger partial charge in [0.1, 0.15) is 0 Å². The van der Waals surface area contributed by atoms with Gasteiger partial charge in [0.2, 0.25) is 0 Å². The van der Waals surface area contributed by atoms with Gasteiger partial charge in [-0.2, -0.15) is 0 Å². The van der Waals surface area contributed by atoms with E-state index in [-0.39, 0.29) is 5.78 Å². The molecule has 0 saturated heterocycles.